The first-order chi connectivity index (χ1) is 8.60. The van der Waals surface area contributed by atoms with Crippen LogP contribution in [0.3, 0.4) is 0 Å². The molecular formula is C13H11ClFN3. The maximum atomic E-state index is 13.0. The number of aryl methyl sites for hydroxylation is 1. The van der Waals surface area contributed by atoms with E-state index in [0.29, 0.717) is 22.9 Å². The van der Waals surface area contributed by atoms with Crippen LogP contribution in [-0.4, -0.2) is 4.57 Å². The molecule has 0 saturated carbocycles. The Morgan fingerprint density at radius 1 is 1.44 bits per heavy atom. The summed E-state index contributed by atoms with van der Waals surface area (Å²) in [6.07, 6.45) is 1.85. The van der Waals surface area contributed by atoms with E-state index in [1.807, 2.05) is 6.20 Å². The lowest BCUT2D eigenvalue weighted by Gasteiger charge is -2.07. The predicted octanol–water partition coefficient (Wildman–Crippen LogP) is 3.30. The second-order valence-electron chi connectivity index (χ2n) is 3.93. The number of nitriles is 1. The molecule has 0 radical (unpaired) electrons. The van der Waals surface area contributed by atoms with Gasteiger partial charge in [0.1, 0.15) is 17.6 Å². The molecule has 0 spiro atoms. The molecule has 1 aromatic carbocycles. The third kappa shape index (κ3) is 2.63. The van der Waals surface area contributed by atoms with Crippen LogP contribution < -0.4 is 5.32 Å². The van der Waals surface area contributed by atoms with Gasteiger partial charge in [0.05, 0.1) is 10.7 Å². The predicted molar refractivity (Wildman–Crippen MR) is 68.9 cm³/mol. The molecule has 0 unspecified atom stereocenters. The highest BCUT2D eigenvalue weighted by Gasteiger charge is 2.04. The molecule has 0 amide bonds. The van der Waals surface area contributed by atoms with Gasteiger partial charge in [0.15, 0.2) is 0 Å². The molecule has 1 N–H and O–H groups in total. The summed E-state index contributed by atoms with van der Waals surface area (Å²) in [5.41, 5.74) is 2.06. The SMILES string of the molecule is Cn1cc(CNc2cc(F)ccc2Cl)cc1C#N. The molecule has 2 rings (SSSR count). The monoisotopic (exact) mass is 263 g/mol. The molecule has 0 aliphatic carbocycles. The van der Waals surface area contributed by atoms with Crippen molar-refractivity contribution in [3.63, 3.8) is 0 Å². The van der Waals surface area contributed by atoms with E-state index in [0.717, 1.165) is 5.56 Å². The van der Waals surface area contributed by atoms with E-state index in [9.17, 15) is 4.39 Å². The van der Waals surface area contributed by atoms with E-state index in [-0.39, 0.29) is 5.82 Å². The first kappa shape index (κ1) is 12.5. The van der Waals surface area contributed by atoms with Crippen LogP contribution in [0.15, 0.2) is 30.5 Å². The Balaban J connectivity index is 2.11. The second-order valence-corrected chi connectivity index (χ2v) is 4.34. The van der Waals surface area contributed by atoms with Crippen molar-refractivity contribution in [2.75, 3.05) is 5.32 Å². The average Bonchev–Trinajstić information content (AvgIpc) is 2.71. The summed E-state index contributed by atoms with van der Waals surface area (Å²) < 4.78 is 14.8. The lowest BCUT2D eigenvalue weighted by Crippen LogP contribution is -1.99. The molecule has 1 heterocycles. The molecule has 0 aliphatic heterocycles. The standard InChI is InChI=1S/C13H11ClFN3/c1-18-8-9(4-11(18)6-16)7-17-13-5-10(15)2-3-12(13)14/h2-5,8,17H,7H2,1H3. The van der Waals surface area contributed by atoms with Crippen molar-refractivity contribution in [3.05, 3.63) is 52.6 Å². The third-order valence-electron chi connectivity index (χ3n) is 2.59. The summed E-state index contributed by atoms with van der Waals surface area (Å²) in [6, 6.07) is 8.02. The maximum Gasteiger partial charge on any atom is 0.125 e. The number of anilines is 1. The van der Waals surface area contributed by atoms with Gasteiger partial charge in [-0.1, -0.05) is 11.6 Å². The van der Waals surface area contributed by atoms with Gasteiger partial charge < -0.3 is 9.88 Å². The van der Waals surface area contributed by atoms with Gasteiger partial charge in [-0.15, -0.1) is 0 Å². The number of halogens is 2. The van der Waals surface area contributed by atoms with Crippen LogP contribution in [-0.2, 0) is 13.6 Å². The second kappa shape index (κ2) is 5.11. The summed E-state index contributed by atoms with van der Waals surface area (Å²) in [5, 5.41) is 12.3. The summed E-state index contributed by atoms with van der Waals surface area (Å²) in [7, 11) is 1.80. The summed E-state index contributed by atoms with van der Waals surface area (Å²) >= 11 is 5.94. The van der Waals surface area contributed by atoms with Crippen molar-refractivity contribution >= 4 is 17.3 Å². The Hall–Kier alpha value is -1.99. The van der Waals surface area contributed by atoms with Crippen LogP contribution in [0.1, 0.15) is 11.3 Å². The first-order valence-electron chi connectivity index (χ1n) is 5.34. The van der Waals surface area contributed by atoms with Crippen molar-refractivity contribution in [2.24, 2.45) is 7.05 Å². The van der Waals surface area contributed by atoms with Gasteiger partial charge in [-0.25, -0.2) is 4.39 Å². The quantitative estimate of drug-likeness (QED) is 0.923. The molecule has 0 atom stereocenters. The number of rotatable bonds is 3. The lowest BCUT2D eigenvalue weighted by atomic mass is 10.2. The van der Waals surface area contributed by atoms with E-state index in [4.69, 9.17) is 16.9 Å². The number of nitrogens with one attached hydrogen (secondary N) is 1. The highest BCUT2D eigenvalue weighted by molar-refractivity contribution is 6.33. The summed E-state index contributed by atoms with van der Waals surface area (Å²) in [5.74, 6) is -0.340. The van der Waals surface area contributed by atoms with Gasteiger partial charge >= 0.3 is 0 Å². The van der Waals surface area contributed by atoms with Gasteiger partial charge in [0.25, 0.3) is 0 Å². The Bertz CT molecular complexity index is 613. The van der Waals surface area contributed by atoms with Gasteiger partial charge in [-0.2, -0.15) is 5.26 Å². The van der Waals surface area contributed by atoms with Gasteiger partial charge in [0.2, 0.25) is 0 Å². The molecule has 92 valence electrons. The Morgan fingerprint density at radius 2 is 2.22 bits per heavy atom. The van der Waals surface area contributed by atoms with Gasteiger partial charge in [-0.3, -0.25) is 0 Å². The molecule has 0 fully saturated rings. The Labute approximate surface area is 109 Å². The molecule has 0 bridgehead atoms. The number of benzene rings is 1. The van der Waals surface area contributed by atoms with Crippen LogP contribution in [0.2, 0.25) is 5.02 Å². The molecule has 0 aliphatic rings. The van der Waals surface area contributed by atoms with E-state index >= 15 is 0 Å². The normalized spacial score (nSPS) is 10.1. The molecule has 0 saturated heterocycles. The van der Waals surface area contributed by atoms with Crippen LogP contribution in [0, 0.1) is 17.1 Å². The van der Waals surface area contributed by atoms with Crippen molar-refractivity contribution in [3.8, 4) is 6.07 Å². The van der Waals surface area contributed by atoms with Crippen LogP contribution in [0.25, 0.3) is 0 Å². The fourth-order valence-corrected chi connectivity index (χ4v) is 1.86. The number of hydrogen-bond donors (Lipinski definition) is 1. The smallest absolute Gasteiger partial charge is 0.125 e. The van der Waals surface area contributed by atoms with Crippen molar-refractivity contribution in [1.82, 2.24) is 4.57 Å². The van der Waals surface area contributed by atoms with Crippen molar-refractivity contribution < 1.29 is 4.39 Å². The Kier molecular flexibility index (Phi) is 3.54. The molecule has 3 nitrogen and oxygen atoms in total. The van der Waals surface area contributed by atoms with Gasteiger partial charge in [0, 0.05) is 19.8 Å². The molecule has 5 heteroatoms. The van der Waals surface area contributed by atoms with E-state index < -0.39 is 0 Å². The van der Waals surface area contributed by atoms with Gasteiger partial charge in [-0.05, 0) is 29.8 Å². The largest absolute Gasteiger partial charge is 0.380 e. The van der Waals surface area contributed by atoms with Crippen LogP contribution >= 0.6 is 11.6 Å². The van der Waals surface area contributed by atoms with E-state index in [1.54, 1.807) is 17.7 Å². The summed E-state index contributed by atoms with van der Waals surface area (Å²) in [6.45, 7) is 0.485. The fourth-order valence-electron chi connectivity index (χ4n) is 1.67. The maximum absolute atomic E-state index is 13.0. The third-order valence-corrected chi connectivity index (χ3v) is 2.92. The topological polar surface area (TPSA) is 40.8 Å². The highest BCUT2D eigenvalue weighted by Crippen LogP contribution is 2.23. The zero-order chi connectivity index (χ0) is 13.1. The first-order valence-corrected chi connectivity index (χ1v) is 5.72. The van der Waals surface area contributed by atoms with Crippen LogP contribution in [0.5, 0.6) is 0 Å². The lowest BCUT2D eigenvalue weighted by molar-refractivity contribution is 0.628. The minimum absolute atomic E-state index is 0.340. The molecular weight excluding hydrogens is 253 g/mol. The molecule has 2 aromatic rings. The average molecular weight is 264 g/mol. The van der Waals surface area contributed by atoms with Crippen LogP contribution in [0.4, 0.5) is 10.1 Å². The molecule has 18 heavy (non-hydrogen) atoms. The number of aromatic nitrogens is 1. The number of nitrogens with zero attached hydrogens (tertiary/aromatic N) is 2. The van der Waals surface area contributed by atoms with E-state index in [2.05, 4.69) is 11.4 Å². The highest BCUT2D eigenvalue weighted by atomic mass is 35.5. The van der Waals surface area contributed by atoms with Crippen molar-refractivity contribution in [1.29, 1.82) is 5.26 Å². The van der Waals surface area contributed by atoms with Crippen molar-refractivity contribution in [2.45, 2.75) is 6.54 Å². The zero-order valence-corrected chi connectivity index (χ0v) is 10.5. The zero-order valence-electron chi connectivity index (χ0n) is 9.74. The van der Waals surface area contributed by atoms with E-state index in [1.165, 1.54) is 18.2 Å². The Morgan fingerprint density at radius 3 is 2.89 bits per heavy atom. The minimum atomic E-state index is -0.340. The molecule has 1 aromatic heterocycles. The summed E-state index contributed by atoms with van der Waals surface area (Å²) in [4.78, 5) is 0. The minimum Gasteiger partial charge on any atom is -0.380 e. The fraction of sp³-hybridized carbons (Fsp3) is 0.154. The number of hydrogen-bond acceptors (Lipinski definition) is 2.